The maximum Gasteiger partial charge on any atom is 2.00 e. The molecule has 0 rings (SSSR count). The summed E-state index contributed by atoms with van der Waals surface area (Å²) in [7, 11) is 0. The third kappa shape index (κ3) is 167. The van der Waals surface area contributed by atoms with E-state index in [1.54, 1.807) is 0 Å². The normalized spacial score (nSPS) is 1.50. The van der Waals surface area contributed by atoms with Gasteiger partial charge in [0.2, 0.25) is 0 Å². The molecule has 0 saturated heterocycles. The van der Waals surface area contributed by atoms with Crippen molar-refractivity contribution in [3.63, 3.8) is 0 Å². The van der Waals surface area contributed by atoms with E-state index in [-0.39, 0.29) is 145 Å². The smallest absolute Gasteiger partial charge is 1.00 e. The molecular weight excluding hydrogens is 237 g/mol. The third-order valence-electron chi connectivity index (χ3n) is 0. The molecule has 0 fully saturated rings. The average Bonchev–Trinajstić information content (AvgIpc) is 0.918. The fourth-order valence-corrected chi connectivity index (χ4v) is 0. The Morgan fingerprint density at radius 3 is 0.833 bits per heavy atom. The predicted octanol–water partition coefficient (Wildman–Crippen LogP) is 1.96. The summed E-state index contributed by atoms with van der Waals surface area (Å²) in [5, 5.41) is 0. The number of hydrogen-bond donors (Lipinski definition) is 0. The van der Waals surface area contributed by atoms with Gasteiger partial charge in [0.05, 0.1) is 0 Å². The second-order valence-corrected chi connectivity index (χ2v) is 0.500. The molecule has 0 N–H and O–H groups in total. The van der Waals surface area contributed by atoms with Crippen LogP contribution in [0.25, 0.3) is 0 Å². The van der Waals surface area contributed by atoms with Crippen LogP contribution in [-0.2, 0) is 17.1 Å². The summed E-state index contributed by atoms with van der Waals surface area (Å²) < 4.78 is 0. The van der Waals surface area contributed by atoms with Crippen LogP contribution in [0.1, 0.15) is 19.1 Å². The van der Waals surface area contributed by atoms with Crippen LogP contribution in [0.3, 0.4) is 0 Å². The Labute approximate surface area is 163 Å². The monoisotopic (exact) mass is 259 g/mol. The number of hydrogen-bond acceptors (Lipinski definition) is 0. The molecule has 0 unspecified atom stereocenters. The summed E-state index contributed by atoms with van der Waals surface area (Å²) in [5.74, 6) is 0. The summed E-state index contributed by atoms with van der Waals surface area (Å²) in [6, 6.07) is 0. The summed E-state index contributed by atoms with van der Waals surface area (Å²) in [6.45, 7) is 5.50. The van der Waals surface area contributed by atoms with Gasteiger partial charge in [0.1, 0.15) is 0 Å². The molecule has 0 aromatic carbocycles. The van der Waals surface area contributed by atoms with Gasteiger partial charge in [0.25, 0.3) is 0 Å². The van der Waals surface area contributed by atoms with Crippen LogP contribution in [0, 0.1) is 36.6 Å². The van der Waals surface area contributed by atoms with Gasteiger partial charge in [-0.05, 0) is 0 Å². The Bertz CT molecular complexity index is 28.3. The first kappa shape index (κ1) is 106. The van der Waals surface area contributed by atoms with Crippen molar-refractivity contribution < 1.29 is 22.8 Å². The molecule has 0 bridgehead atoms. The molecule has 0 nitrogen and oxygen atoms in total. The maximum absolute atomic E-state index is 3.49. The first-order valence-electron chi connectivity index (χ1n) is 1.21. The molecule has 0 aliphatic heterocycles. The molecule has 0 aliphatic rings. The van der Waals surface area contributed by atoms with Crippen molar-refractivity contribution in [3.8, 4) is 0 Å². The van der Waals surface area contributed by atoms with E-state index in [9.17, 15) is 0 Å². The zero-order valence-electron chi connectivity index (χ0n) is 13.6. The summed E-state index contributed by atoms with van der Waals surface area (Å²) in [4.78, 5) is 0. The Hall–Kier alpha value is 3.58. The first-order valence-corrected chi connectivity index (χ1v) is 1.21. The fraction of sp³-hybridized carbons (Fsp3) is 0.286. The van der Waals surface area contributed by atoms with Crippen molar-refractivity contribution in [3.05, 3.63) is 36.6 Å². The van der Waals surface area contributed by atoms with Crippen LogP contribution in [0.15, 0.2) is 0 Å². The first-order chi connectivity index (χ1) is 1.41. The molecule has 68 valence electrons. The average molecular weight is 260 g/mol. The Balaban J connectivity index is -0.000000000256. The SMILES string of the molecule is [CH2-]CC.[CH3-].[CH3-].[CH3-].[CH3-].[Fe].[H-].[H-].[H-].[H-].[Mg+2].[Mg+2].[Mg+2].[Mg+2]. The molecule has 0 amide bonds. The molecular formula is C7H23FeMg4-. The summed E-state index contributed by atoms with van der Waals surface area (Å²) in [5.41, 5.74) is 0. The molecule has 12 heavy (non-hydrogen) atoms. The molecule has 0 heterocycles. The minimum atomic E-state index is 0. The van der Waals surface area contributed by atoms with Gasteiger partial charge >= 0.3 is 92.2 Å². The van der Waals surface area contributed by atoms with Crippen LogP contribution in [0.2, 0.25) is 0 Å². The van der Waals surface area contributed by atoms with Gasteiger partial charge in [-0.3, -0.25) is 0 Å². The molecule has 0 aromatic heterocycles. The van der Waals surface area contributed by atoms with Gasteiger partial charge in [0.15, 0.2) is 0 Å². The van der Waals surface area contributed by atoms with E-state index in [0.29, 0.717) is 0 Å². The zero-order valence-corrected chi connectivity index (χ0v) is 16.4. The van der Waals surface area contributed by atoms with Gasteiger partial charge in [-0.1, -0.05) is 6.92 Å². The second-order valence-electron chi connectivity index (χ2n) is 0.500. The fourth-order valence-electron chi connectivity index (χ4n) is 0. The zero-order chi connectivity index (χ0) is 2.71. The minimum Gasteiger partial charge on any atom is -1.00 e. The third-order valence-corrected chi connectivity index (χ3v) is 0. The van der Waals surface area contributed by atoms with Crippen molar-refractivity contribution in [2.75, 3.05) is 0 Å². The number of rotatable bonds is 0. The Kier molecular flexibility index (Phi) is 1130. The Morgan fingerprint density at radius 2 is 0.833 bits per heavy atom. The standard InChI is InChI=1S/C3H7.4CH3.Fe.4Mg.4H/c1-3-2;;;;;;;;;;;;;/h1,3H2,2H3;4*1H3;;;;;;;;;/q5*-1;;4*+2;4*-1. The van der Waals surface area contributed by atoms with Crippen LogP contribution in [0.4, 0.5) is 0 Å². The Morgan fingerprint density at radius 1 is 0.833 bits per heavy atom. The van der Waals surface area contributed by atoms with Gasteiger partial charge < -0.3 is 42.3 Å². The van der Waals surface area contributed by atoms with Gasteiger partial charge in [-0.15, -0.1) is 0 Å². The van der Waals surface area contributed by atoms with Crippen molar-refractivity contribution >= 4 is 92.2 Å². The van der Waals surface area contributed by atoms with Crippen LogP contribution in [-0.4, -0.2) is 92.2 Å². The van der Waals surface area contributed by atoms with E-state index in [4.69, 9.17) is 0 Å². The van der Waals surface area contributed by atoms with Crippen LogP contribution in [0.5, 0.6) is 0 Å². The quantitative estimate of drug-likeness (QED) is 0.461. The van der Waals surface area contributed by atoms with Gasteiger partial charge in [-0.2, -0.15) is 6.42 Å². The molecule has 0 spiro atoms. The second kappa shape index (κ2) is 128. The van der Waals surface area contributed by atoms with E-state index in [2.05, 4.69) is 6.92 Å². The molecule has 0 aromatic rings. The van der Waals surface area contributed by atoms with E-state index in [1.165, 1.54) is 0 Å². The predicted molar refractivity (Wildman–Crippen MR) is 68.8 cm³/mol. The molecule has 5 heteroatoms. The van der Waals surface area contributed by atoms with E-state index in [0.717, 1.165) is 6.42 Å². The van der Waals surface area contributed by atoms with Gasteiger partial charge in [-0.25, -0.2) is 0 Å². The molecule has 0 saturated carbocycles. The molecule has 0 radical (unpaired) electrons. The van der Waals surface area contributed by atoms with Crippen LogP contribution >= 0.6 is 0 Å². The minimum absolute atomic E-state index is 0. The van der Waals surface area contributed by atoms with E-state index >= 15 is 0 Å². The molecule has 0 aliphatic carbocycles. The summed E-state index contributed by atoms with van der Waals surface area (Å²) in [6.07, 6.45) is 1.00. The van der Waals surface area contributed by atoms with Crippen molar-refractivity contribution in [2.24, 2.45) is 0 Å². The van der Waals surface area contributed by atoms with E-state index in [1.807, 2.05) is 6.92 Å². The molecule has 0 atom stereocenters. The topological polar surface area (TPSA) is 0 Å². The van der Waals surface area contributed by atoms with Crippen molar-refractivity contribution in [1.82, 2.24) is 0 Å². The largest absolute Gasteiger partial charge is 2.00 e. The van der Waals surface area contributed by atoms with Gasteiger partial charge in [0, 0.05) is 17.1 Å². The van der Waals surface area contributed by atoms with E-state index < -0.39 is 0 Å². The maximum atomic E-state index is 3.49. The van der Waals surface area contributed by atoms with Crippen molar-refractivity contribution in [2.45, 2.75) is 13.3 Å². The summed E-state index contributed by atoms with van der Waals surface area (Å²) >= 11 is 0. The van der Waals surface area contributed by atoms with Crippen LogP contribution < -0.4 is 0 Å². The van der Waals surface area contributed by atoms with Crippen molar-refractivity contribution in [1.29, 1.82) is 0 Å².